The first-order valence-corrected chi connectivity index (χ1v) is 8.33. The van der Waals surface area contributed by atoms with Crippen molar-refractivity contribution in [2.75, 3.05) is 6.54 Å². The number of carbonyl (C=O) groups is 2. The lowest BCUT2D eigenvalue weighted by molar-refractivity contribution is 0.0644. The van der Waals surface area contributed by atoms with E-state index in [0.29, 0.717) is 11.1 Å². The first-order chi connectivity index (χ1) is 11.5. The zero-order valence-electron chi connectivity index (χ0n) is 12.6. The van der Waals surface area contributed by atoms with Gasteiger partial charge in [-0.1, -0.05) is 28.1 Å². The Morgan fingerprint density at radius 1 is 1.04 bits per heavy atom. The number of fused-ring (bicyclic) bond motifs is 2. The lowest BCUT2D eigenvalue weighted by Gasteiger charge is -2.18. The number of amides is 2. The summed E-state index contributed by atoms with van der Waals surface area (Å²) in [6, 6.07) is 14.2. The smallest absolute Gasteiger partial charge is 0.261 e. The van der Waals surface area contributed by atoms with Gasteiger partial charge in [-0.3, -0.25) is 14.5 Å². The largest absolute Gasteiger partial charge is 0.357 e. The average molecular weight is 384 g/mol. The van der Waals surface area contributed by atoms with Crippen molar-refractivity contribution in [1.29, 1.82) is 0 Å². The number of hydrogen-bond acceptors (Lipinski definition) is 3. The molecule has 0 fully saturated rings. The lowest BCUT2D eigenvalue weighted by atomic mass is 10.1. The van der Waals surface area contributed by atoms with Crippen LogP contribution < -0.4 is 5.73 Å². The van der Waals surface area contributed by atoms with E-state index < -0.39 is 6.04 Å². The SMILES string of the molecule is NC(CN1C(=O)c2ccccc2C1=O)c1cc2cc(Br)ccc2[nH]1. The zero-order valence-corrected chi connectivity index (χ0v) is 14.2. The fraction of sp³-hybridized carbons (Fsp3) is 0.111. The van der Waals surface area contributed by atoms with Crippen molar-refractivity contribution in [1.82, 2.24) is 9.88 Å². The zero-order chi connectivity index (χ0) is 16.8. The summed E-state index contributed by atoms with van der Waals surface area (Å²) in [5.74, 6) is -0.574. The number of nitrogens with two attached hydrogens (primary N) is 1. The molecule has 0 aliphatic carbocycles. The fourth-order valence-corrected chi connectivity index (χ4v) is 3.40. The molecule has 4 rings (SSSR count). The molecule has 120 valence electrons. The van der Waals surface area contributed by atoms with Crippen molar-refractivity contribution < 1.29 is 9.59 Å². The molecule has 2 aromatic carbocycles. The molecule has 3 N–H and O–H groups in total. The Labute approximate surface area is 146 Å². The standard InChI is InChI=1S/C18H14BrN3O2/c19-11-5-6-15-10(7-11)8-16(21-15)14(20)9-22-17(23)12-3-1-2-4-13(12)18(22)24/h1-8,14,21H,9,20H2. The van der Waals surface area contributed by atoms with Crippen molar-refractivity contribution in [3.05, 3.63) is 69.8 Å². The molecule has 1 atom stereocenters. The van der Waals surface area contributed by atoms with E-state index in [4.69, 9.17) is 5.73 Å². The number of imide groups is 1. The second-order valence-electron chi connectivity index (χ2n) is 5.83. The quantitative estimate of drug-likeness (QED) is 0.681. The number of H-pyrrole nitrogens is 1. The number of aromatic amines is 1. The summed E-state index contributed by atoms with van der Waals surface area (Å²) >= 11 is 3.44. The Kier molecular flexibility index (Phi) is 3.51. The number of halogens is 1. The molecule has 3 aromatic rings. The molecule has 2 heterocycles. The molecule has 0 spiro atoms. The molecule has 0 saturated heterocycles. The number of benzene rings is 2. The van der Waals surface area contributed by atoms with Crippen LogP contribution >= 0.6 is 15.9 Å². The molecule has 6 heteroatoms. The summed E-state index contributed by atoms with van der Waals surface area (Å²) in [6.07, 6.45) is 0. The molecule has 0 radical (unpaired) electrons. The number of hydrogen-bond donors (Lipinski definition) is 2. The van der Waals surface area contributed by atoms with Crippen LogP contribution in [0.3, 0.4) is 0 Å². The number of aromatic nitrogens is 1. The van der Waals surface area contributed by atoms with Gasteiger partial charge in [-0.25, -0.2) is 0 Å². The van der Waals surface area contributed by atoms with Gasteiger partial charge in [0, 0.05) is 21.1 Å². The molecule has 1 unspecified atom stereocenters. The van der Waals surface area contributed by atoms with Gasteiger partial charge in [0.05, 0.1) is 23.7 Å². The Morgan fingerprint density at radius 2 is 1.71 bits per heavy atom. The molecule has 5 nitrogen and oxygen atoms in total. The molecule has 1 aliphatic rings. The van der Waals surface area contributed by atoms with Crippen LogP contribution in [-0.4, -0.2) is 28.2 Å². The summed E-state index contributed by atoms with van der Waals surface area (Å²) in [6.45, 7) is 0.139. The Bertz CT molecular complexity index is 944. The average Bonchev–Trinajstić information content (AvgIpc) is 3.10. The molecule has 0 saturated carbocycles. The van der Waals surface area contributed by atoms with Crippen LogP contribution in [0, 0.1) is 0 Å². The van der Waals surface area contributed by atoms with Gasteiger partial charge in [0.15, 0.2) is 0 Å². The van der Waals surface area contributed by atoms with E-state index >= 15 is 0 Å². The fourth-order valence-electron chi connectivity index (χ4n) is 3.03. The van der Waals surface area contributed by atoms with Gasteiger partial charge in [0.25, 0.3) is 11.8 Å². The van der Waals surface area contributed by atoms with Gasteiger partial charge in [-0.05, 0) is 36.4 Å². The summed E-state index contributed by atoms with van der Waals surface area (Å²) in [5, 5.41) is 1.03. The maximum absolute atomic E-state index is 12.4. The Hall–Kier alpha value is -2.44. The number of nitrogens with zero attached hydrogens (tertiary/aromatic N) is 1. The van der Waals surface area contributed by atoms with E-state index in [0.717, 1.165) is 21.1 Å². The highest BCUT2D eigenvalue weighted by Crippen LogP contribution is 2.26. The van der Waals surface area contributed by atoms with Gasteiger partial charge < -0.3 is 10.7 Å². The highest BCUT2D eigenvalue weighted by atomic mass is 79.9. The summed E-state index contributed by atoms with van der Waals surface area (Å²) in [4.78, 5) is 29.3. The van der Waals surface area contributed by atoms with Crippen LogP contribution in [0.4, 0.5) is 0 Å². The van der Waals surface area contributed by atoms with E-state index in [1.54, 1.807) is 24.3 Å². The van der Waals surface area contributed by atoms with E-state index in [1.807, 2.05) is 24.3 Å². The van der Waals surface area contributed by atoms with Crippen LogP contribution in [0.5, 0.6) is 0 Å². The molecule has 0 bridgehead atoms. The highest BCUT2D eigenvalue weighted by Gasteiger charge is 2.36. The third-order valence-corrected chi connectivity index (χ3v) is 4.75. The minimum Gasteiger partial charge on any atom is -0.357 e. The normalized spacial score (nSPS) is 15.2. The van der Waals surface area contributed by atoms with Crippen LogP contribution in [0.15, 0.2) is 53.0 Å². The molecule has 24 heavy (non-hydrogen) atoms. The second kappa shape index (κ2) is 5.58. The molecular weight excluding hydrogens is 370 g/mol. The predicted octanol–water partition coefficient (Wildman–Crippen LogP) is 3.23. The molecule has 2 amide bonds. The summed E-state index contributed by atoms with van der Waals surface area (Å²) in [7, 11) is 0. The minimum atomic E-state index is -0.474. The van der Waals surface area contributed by atoms with Crippen LogP contribution in [0.25, 0.3) is 10.9 Å². The topological polar surface area (TPSA) is 79.2 Å². The van der Waals surface area contributed by atoms with Crippen molar-refractivity contribution in [2.45, 2.75) is 6.04 Å². The first-order valence-electron chi connectivity index (χ1n) is 7.53. The van der Waals surface area contributed by atoms with Gasteiger partial charge in [0.1, 0.15) is 0 Å². The van der Waals surface area contributed by atoms with Gasteiger partial charge in [-0.2, -0.15) is 0 Å². The van der Waals surface area contributed by atoms with Gasteiger partial charge in [0.2, 0.25) is 0 Å². The molecular formula is C18H14BrN3O2. The summed E-state index contributed by atoms with van der Waals surface area (Å²) < 4.78 is 0.981. The summed E-state index contributed by atoms with van der Waals surface area (Å²) in [5.41, 5.74) is 8.88. The van der Waals surface area contributed by atoms with Crippen molar-refractivity contribution in [3.8, 4) is 0 Å². The van der Waals surface area contributed by atoms with Crippen LogP contribution in [0.2, 0.25) is 0 Å². The third-order valence-electron chi connectivity index (χ3n) is 4.26. The second-order valence-corrected chi connectivity index (χ2v) is 6.74. The maximum Gasteiger partial charge on any atom is 0.261 e. The lowest BCUT2D eigenvalue weighted by Crippen LogP contribution is -2.36. The Morgan fingerprint density at radius 3 is 2.38 bits per heavy atom. The minimum absolute atomic E-state index is 0.139. The van der Waals surface area contributed by atoms with E-state index in [-0.39, 0.29) is 18.4 Å². The van der Waals surface area contributed by atoms with Gasteiger partial charge >= 0.3 is 0 Å². The van der Waals surface area contributed by atoms with E-state index in [1.165, 1.54) is 4.90 Å². The number of rotatable bonds is 3. The van der Waals surface area contributed by atoms with Gasteiger partial charge in [-0.15, -0.1) is 0 Å². The van der Waals surface area contributed by atoms with Crippen LogP contribution in [-0.2, 0) is 0 Å². The first kappa shape index (κ1) is 15.1. The predicted molar refractivity (Wildman–Crippen MR) is 94.7 cm³/mol. The highest BCUT2D eigenvalue weighted by molar-refractivity contribution is 9.10. The third kappa shape index (κ3) is 2.35. The number of carbonyl (C=O) groups excluding carboxylic acids is 2. The number of nitrogens with one attached hydrogen (secondary N) is 1. The van der Waals surface area contributed by atoms with Crippen molar-refractivity contribution in [2.24, 2.45) is 5.73 Å². The molecule has 1 aliphatic heterocycles. The van der Waals surface area contributed by atoms with E-state index in [2.05, 4.69) is 20.9 Å². The molecule has 1 aromatic heterocycles. The van der Waals surface area contributed by atoms with E-state index in [9.17, 15) is 9.59 Å². The van der Waals surface area contributed by atoms with Crippen molar-refractivity contribution >= 4 is 38.6 Å². The van der Waals surface area contributed by atoms with Crippen LogP contribution in [0.1, 0.15) is 32.5 Å². The van der Waals surface area contributed by atoms with Crippen molar-refractivity contribution in [3.63, 3.8) is 0 Å². The maximum atomic E-state index is 12.4. The monoisotopic (exact) mass is 383 g/mol. The Balaban J connectivity index is 1.61.